The number of halogens is 2. The van der Waals surface area contributed by atoms with Gasteiger partial charge in [0.05, 0.1) is 19.6 Å². The fraction of sp³-hybridized carbons (Fsp3) is 0.500. The van der Waals surface area contributed by atoms with Gasteiger partial charge in [0, 0.05) is 11.1 Å². The van der Waals surface area contributed by atoms with Crippen molar-refractivity contribution >= 4 is 23.2 Å². The average Bonchev–Trinajstić information content (AvgIpc) is 2.27. The summed E-state index contributed by atoms with van der Waals surface area (Å²) in [6, 6.07) is 3.56. The van der Waals surface area contributed by atoms with Gasteiger partial charge in [-0.2, -0.15) is 0 Å². The highest BCUT2D eigenvalue weighted by Gasteiger charge is 2.18. The van der Waals surface area contributed by atoms with Crippen molar-refractivity contribution in [3.8, 4) is 11.5 Å². The molecule has 0 aromatic heterocycles. The van der Waals surface area contributed by atoms with Gasteiger partial charge in [-0.15, -0.1) is 11.6 Å². The van der Waals surface area contributed by atoms with E-state index in [1.807, 2.05) is 19.9 Å². The van der Waals surface area contributed by atoms with E-state index in [2.05, 4.69) is 0 Å². The van der Waals surface area contributed by atoms with E-state index in [0.717, 1.165) is 5.56 Å². The fourth-order valence-corrected chi connectivity index (χ4v) is 1.95. The van der Waals surface area contributed by atoms with Crippen molar-refractivity contribution in [2.75, 3.05) is 14.2 Å². The van der Waals surface area contributed by atoms with Crippen molar-refractivity contribution in [2.24, 2.45) is 5.92 Å². The molecule has 0 radical (unpaired) electrons. The predicted molar refractivity (Wildman–Crippen MR) is 68.0 cm³/mol. The molecule has 0 aliphatic carbocycles. The monoisotopic (exact) mass is 262 g/mol. The standard InChI is InChI=1S/C12H16Cl2O2/c1-7(2)12(14)8-5-10(15-3)11(16-4)6-9(8)13/h5-7,12H,1-4H3. The zero-order valence-corrected chi connectivity index (χ0v) is 11.4. The third-order valence-electron chi connectivity index (χ3n) is 2.39. The van der Waals surface area contributed by atoms with Crippen molar-refractivity contribution in [3.05, 3.63) is 22.7 Å². The zero-order valence-electron chi connectivity index (χ0n) is 9.88. The van der Waals surface area contributed by atoms with Gasteiger partial charge < -0.3 is 9.47 Å². The van der Waals surface area contributed by atoms with Crippen LogP contribution in [0.2, 0.25) is 5.02 Å². The van der Waals surface area contributed by atoms with Crippen LogP contribution in [-0.4, -0.2) is 14.2 Å². The molecule has 0 bridgehead atoms. The lowest BCUT2D eigenvalue weighted by Gasteiger charge is -2.17. The Bertz CT molecular complexity index is 364. The summed E-state index contributed by atoms with van der Waals surface area (Å²) in [6.07, 6.45) is 0. The fourth-order valence-electron chi connectivity index (χ4n) is 1.44. The molecule has 0 saturated heterocycles. The molecule has 0 aliphatic heterocycles. The van der Waals surface area contributed by atoms with E-state index < -0.39 is 0 Å². The minimum Gasteiger partial charge on any atom is -0.493 e. The molecular formula is C12H16Cl2O2. The Morgan fingerprint density at radius 1 is 1.06 bits per heavy atom. The van der Waals surface area contributed by atoms with Crippen molar-refractivity contribution in [1.29, 1.82) is 0 Å². The Hall–Kier alpha value is -0.600. The topological polar surface area (TPSA) is 18.5 Å². The van der Waals surface area contributed by atoms with Gasteiger partial charge in [-0.1, -0.05) is 25.4 Å². The van der Waals surface area contributed by atoms with Crippen LogP contribution in [0.1, 0.15) is 24.8 Å². The molecular weight excluding hydrogens is 247 g/mol. The first-order valence-electron chi connectivity index (χ1n) is 5.06. The molecule has 0 N–H and O–H groups in total. The zero-order chi connectivity index (χ0) is 12.3. The maximum atomic E-state index is 6.29. The molecule has 1 unspecified atom stereocenters. The molecule has 1 atom stereocenters. The number of methoxy groups -OCH3 is 2. The van der Waals surface area contributed by atoms with Crippen molar-refractivity contribution in [2.45, 2.75) is 19.2 Å². The molecule has 0 saturated carbocycles. The first kappa shape index (κ1) is 13.5. The van der Waals surface area contributed by atoms with Crippen LogP contribution in [0.5, 0.6) is 11.5 Å². The largest absolute Gasteiger partial charge is 0.493 e. The predicted octanol–water partition coefficient (Wildman–Crippen LogP) is 4.29. The van der Waals surface area contributed by atoms with E-state index in [9.17, 15) is 0 Å². The lowest BCUT2D eigenvalue weighted by atomic mass is 10.0. The smallest absolute Gasteiger partial charge is 0.162 e. The van der Waals surface area contributed by atoms with Gasteiger partial charge in [0.1, 0.15) is 0 Å². The Labute approximate surface area is 106 Å². The van der Waals surface area contributed by atoms with Crippen LogP contribution in [0, 0.1) is 5.92 Å². The lowest BCUT2D eigenvalue weighted by Crippen LogP contribution is -2.01. The maximum absolute atomic E-state index is 6.29. The van der Waals surface area contributed by atoms with Crippen LogP contribution in [0.25, 0.3) is 0 Å². The molecule has 0 fully saturated rings. The van der Waals surface area contributed by atoms with E-state index in [1.165, 1.54) is 0 Å². The number of rotatable bonds is 4. The second-order valence-electron chi connectivity index (χ2n) is 3.87. The Morgan fingerprint density at radius 3 is 2.00 bits per heavy atom. The Kier molecular flexibility index (Phi) is 4.75. The quantitative estimate of drug-likeness (QED) is 0.754. The summed E-state index contributed by atoms with van der Waals surface area (Å²) >= 11 is 12.4. The maximum Gasteiger partial charge on any atom is 0.162 e. The molecule has 1 aromatic rings. The number of benzene rings is 1. The van der Waals surface area contributed by atoms with Gasteiger partial charge in [0.2, 0.25) is 0 Å². The lowest BCUT2D eigenvalue weighted by molar-refractivity contribution is 0.354. The highest BCUT2D eigenvalue weighted by atomic mass is 35.5. The van der Waals surface area contributed by atoms with E-state index >= 15 is 0 Å². The molecule has 16 heavy (non-hydrogen) atoms. The van der Waals surface area contributed by atoms with Crippen LogP contribution in [0.15, 0.2) is 12.1 Å². The molecule has 1 rings (SSSR count). The van der Waals surface area contributed by atoms with Gasteiger partial charge in [0.25, 0.3) is 0 Å². The van der Waals surface area contributed by atoms with Crippen LogP contribution in [0.4, 0.5) is 0 Å². The van der Waals surface area contributed by atoms with E-state index in [1.54, 1.807) is 20.3 Å². The highest BCUT2D eigenvalue weighted by molar-refractivity contribution is 6.33. The summed E-state index contributed by atoms with van der Waals surface area (Å²) in [5.41, 5.74) is 0.871. The second kappa shape index (κ2) is 5.65. The average molecular weight is 263 g/mol. The van der Waals surface area contributed by atoms with Crippen LogP contribution < -0.4 is 9.47 Å². The first-order chi connectivity index (χ1) is 7.51. The molecule has 4 heteroatoms. The molecule has 0 heterocycles. The number of ether oxygens (including phenoxy) is 2. The summed E-state index contributed by atoms with van der Waals surface area (Å²) in [7, 11) is 3.17. The van der Waals surface area contributed by atoms with Crippen molar-refractivity contribution in [3.63, 3.8) is 0 Å². The van der Waals surface area contributed by atoms with Gasteiger partial charge >= 0.3 is 0 Å². The summed E-state index contributed by atoms with van der Waals surface area (Å²) in [4.78, 5) is 0. The first-order valence-corrected chi connectivity index (χ1v) is 5.88. The number of hydrogen-bond acceptors (Lipinski definition) is 2. The van der Waals surface area contributed by atoms with Crippen LogP contribution in [-0.2, 0) is 0 Å². The minimum atomic E-state index is -0.132. The number of hydrogen-bond donors (Lipinski definition) is 0. The van der Waals surface area contributed by atoms with E-state index in [0.29, 0.717) is 22.4 Å². The Balaban J connectivity index is 3.21. The van der Waals surface area contributed by atoms with Gasteiger partial charge in [0.15, 0.2) is 11.5 Å². The summed E-state index contributed by atoms with van der Waals surface area (Å²) < 4.78 is 10.4. The summed E-state index contributed by atoms with van der Waals surface area (Å²) in [5.74, 6) is 1.56. The van der Waals surface area contributed by atoms with E-state index in [4.69, 9.17) is 32.7 Å². The molecule has 90 valence electrons. The molecule has 1 aromatic carbocycles. The van der Waals surface area contributed by atoms with Gasteiger partial charge in [-0.05, 0) is 17.5 Å². The minimum absolute atomic E-state index is 0.132. The van der Waals surface area contributed by atoms with Crippen molar-refractivity contribution < 1.29 is 9.47 Å². The summed E-state index contributed by atoms with van der Waals surface area (Å²) in [6.45, 7) is 4.09. The molecule has 2 nitrogen and oxygen atoms in total. The highest BCUT2D eigenvalue weighted by Crippen LogP contribution is 2.40. The molecule has 0 aliphatic rings. The van der Waals surface area contributed by atoms with Gasteiger partial charge in [-0.25, -0.2) is 0 Å². The molecule has 0 spiro atoms. The number of alkyl halides is 1. The van der Waals surface area contributed by atoms with Crippen LogP contribution >= 0.6 is 23.2 Å². The third kappa shape index (κ3) is 2.74. The van der Waals surface area contributed by atoms with E-state index in [-0.39, 0.29) is 5.38 Å². The molecule has 0 amide bonds. The van der Waals surface area contributed by atoms with Gasteiger partial charge in [-0.3, -0.25) is 0 Å². The summed E-state index contributed by atoms with van der Waals surface area (Å²) in [5, 5.41) is 0.471. The second-order valence-corrected chi connectivity index (χ2v) is 4.75. The third-order valence-corrected chi connectivity index (χ3v) is 3.45. The Morgan fingerprint density at radius 2 is 1.56 bits per heavy atom. The van der Waals surface area contributed by atoms with Crippen LogP contribution in [0.3, 0.4) is 0 Å². The van der Waals surface area contributed by atoms with Crippen molar-refractivity contribution in [1.82, 2.24) is 0 Å². The SMILES string of the molecule is COc1cc(Cl)c(C(Cl)C(C)C)cc1OC. The normalized spacial score (nSPS) is 12.7.